The van der Waals surface area contributed by atoms with Gasteiger partial charge in [-0.1, -0.05) is 36.4 Å². The van der Waals surface area contributed by atoms with E-state index in [-0.39, 0.29) is 11.3 Å². The third-order valence-corrected chi connectivity index (χ3v) is 7.58. The highest BCUT2D eigenvalue weighted by Gasteiger charge is 2.44. The summed E-state index contributed by atoms with van der Waals surface area (Å²) in [6.07, 6.45) is 1.70. The van der Waals surface area contributed by atoms with Crippen molar-refractivity contribution in [1.29, 1.82) is 0 Å². The predicted molar refractivity (Wildman–Crippen MR) is 143 cm³/mol. The second kappa shape index (κ2) is 9.62. The molecule has 0 aliphatic carbocycles. The van der Waals surface area contributed by atoms with Crippen molar-refractivity contribution in [3.63, 3.8) is 0 Å². The maximum Gasteiger partial charge on any atom is 0.488 e. The van der Waals surface area contributed by atoms with Crippen molar-refractivity contribution in [3.8, 4) is 16.9 Å². The van der Waals surface area contributed by atoms with Crippen LogP contribution in [0.3, 0.4) is 0 Å². The van der Waals surface area contributed by atoms with Crippen LogP contribution in [-0.2, 0) is 12.0 Å². The van der Waals surface area contributed by atoms with Gasteiger partial charge in [0.2, 0.25) is 0 Å². The number of nitrogens with zero attached hydrogens (tertiary/aromatic N) is 2. The Kier molecular flexibility index (Phi) is 6.51. The van der Waals surface area contributed by atoms with Crippen LogP contribution in [0.25, 0.3) is 11.1 Å². The molecule has 7 nitrogen and oxygen atoms in total. The summed E-state index contributed by atoms with van der Waals surface area (Å²) < 4.78 is 6.01. The second-order valence-electron chi connectivity index (χ2n) is 10.0. The molecule has 0 unspecified atom stereocenters. The molecule has 5 rings (SSSR count). The molecule has 0 aromatic heterocycles. The van der Waals surface area contributed by atoms with Crippen molar-refractivity contribution in [2.75, 3.05) is 38.7 Å². The molecule has 3 aromatic carbocycles. The Morgan fingerprint density at radius 3 is 2.56 bits per heavy atom. The summed E-state index contributed by atoms with van der Waals surface area (Å²) in [7, 11) is 2.32. The average molecular weight is 485 g/mol. The zero-order valence-corrected chi connectivity index (χ0v) is 20.8. The van der Waals surface area contributed by atoms with Crippen LogP contribution in [0.4, 0.5) is 5.69 Å². The number of likely N-dealkylation sites (tertiary alicyclic amines) is 1. The maximum absolute atomic E-state index is 13.5. The van der Waals surface area contributed by atoms with E-state index >= 15 is 0 Å². The first-order chi connectivity index (χ1) is 17.3. The normalized spacial score (nSPS) is 16.0. The minimum Gasteiger partial charge on any atom is -0.492 e. The van der Waals surface area contributed by atoms with Gasteiger partial charge in [-0.3, -0.25) is 4.79 Å². The number of benzene rings is 3. The van der Waals surface area contributed by atoms with Crippen molar-refractivity contribution < 1.29 is 19.6 Å². The number of rotatable bonds is 5. The lowest BCUT2D eigenvalue weighted by Crippen LogP contribution is -2.46. The number of fused-ring (bicyclic) bond motifs is 2. The third kappa shape index (κ3) is 4.36. The minimum atomic E-state index is -1.56. The van der Waals surface area contributed by atoms with E-state index in [1.807, 2.05) is 66.4 Å². The summed E-state index contributed by atoms with van der Waals surface area (Å²) in [5.41, 5.74) is 11.8. The molecule has 0 saturated carbocycles. The van der Waals surface area contributed by atoms with Gasteiger partial charge in [-0.2, -0.15) is 0 Å². The molecule has 1 saturated heterocycles. The number of carbonyl (C=O) groups is 1. The Hall–Kier alpha value is -3.33. The molecule has 0 radical (unpaired) electrons. The number of anilines is 1. The molecule has 186 valence electrons. The second-order valence-corrected chi connectivity index (χ2v) is 10.0. The number of hydrogen-bond acceptors (Lipinski definition) is 6. The van der Waals surface area contributed by atoms with E-state index < -0.39 is 7.12 Å². The molecule has 36 heavy (non-hydrogen) atoms. The Morgan fingerprint density at radius 2 is 1.86 bits per heavy atom. The molecule has 8 heteroatoms. The van der Waals surface area contributed by atoms with E-state index in [0.717, 1.165) is 41.0 Å². The minimum absolute atomic E-state index is 0.00583. The fraction of sp³-hybridized carbons (Fsp3) is 0.321. The summed E-state index contributed by atoms with van der Waals surface area (Å²) in [6.45, 7) is 2.47. The molecule has 2 heterocycles. The predicted octanol–water partition coefficient (Wildman–Crippen LogP) is 2.12. The highest BCUT2D eigenvalue weighted by molar-refractivity contribution is 6.58. The Bertz CT molecular complexity index is 1290. The maximum atomic E-state index is 13.5. The zero-order chi connectivity index (χ0) is 25.4. The van der Waals surface area contributed by atoms with Gasteiger partial charge in [0.05, 0.1) is 6.61 Å². The number of piperidine rings is 1. The number of hydrogen-bond donors (Lipinski definition) is 3. The van der Waals surface area contributed by atoms with E-state index in [1.54, 1.807) is 12.1 Å². The van der Waals surface area contributed by atoms with Crippen LogP contribution in [0.15, 0.2) is 60.7 Å². The SMILES string of the molecule is CN(C)c1ccc(B(O)O)cc1-c1cccc(C(=O)N2CCC3(CC2)COc2ccc(CN)cc23)c1. The van der Waals surface area contributed by atoms with Crippen LogP contribution < -0.4 is 20.8 Å². The smallest absolute Gasteiger partial charge is 0.488 e. The molecule has 1 spiro atoms. The first-order valence-corrected chi connectivity index (χ1v) is 12.3. The summed E-state index contributed by atoms with van der Waals surface area (Å²) in [5, 5.41) is 19.4. The molecule has 1 amide bonds. The van der Waals surface area contributed by atoms with Gasteiger partial charge in [0.1, 0.15) is 5.75 Å². The van der Waals surface area contributed by atoms with Crippen molar-refractivity contribution in [2.24, 2.45) is 5.73 Å². The lowest BCUT2D eigenvalue weighted by Gasteiger charge is -2.38. The van der Waals surface area contributed by atoms with E-state index in [9.17, 15) is 14.8 Å². The molecule has 3 aromatic rings. The van der Waals surface area contributed by atoms with Crippen LogP contribution in [-0.4, -0.2) is 61.8 Å². The molecule has 1 fully saturated rings. The number of ether oxygens (including phenoxy) is 1. The quantitative estimate of drug-likeness (QED) is 0.479. The lowest BCUT2D eigenvalue weighted by molar-refractivity contribution is 0.0646. The standard InChI is InChI=1S/C28H32BN3O4/c1-31(2)25-8-7-22(29(34)35)16-23(25)20-4-3-5-21(15-20)27(33)32-12-10-28(11-13-32)18-36-26-9-6-19(17-30)14-24(26)28/h3-9,14-16,34-35H,10-13,17-18,30H2,1-2H3. The van der Waals surface area contributed by atoms with E-state index in [4.69, 9.17) is 10.5 Å². The first kappa shape index (κ1) is 24.4. The van der Waals surface area contributed by atoms with Crippen molar-refractivity contribution in [2.45, 2.75) is 24.8 Å². The highest BCUT2D eigenvalue weighted by Crippen LogP contribution is 2.46. The van der Waals surface area contributed by atoms with Crippen molar-refractivity contribution in [1.82, 2.24) is 4.90 Å². The largest absolute Gasteiger partial charge is 0.492 e. The average Bonchev–Trinajstić information content (AvgIpc) is 3.25. The van der Waals surface area contributed by atoms with Gasteiger partial charge in [-0.05, 0) is 53.7 Å². The Labute approximate surface area is 212 Å². The fourth-order valence-electron chi connectivity index (χ4n) is 5.43. The molecular weight excluding hydrogens is 453 g/mol. The molecular formula is C28H32BN3O4. The Balaban J connectivity index is 1.37. The van der Waals surface area contributed by atoms with Gasteiger partial charge in [-0.25, -0.2) is 0 Å². The number of amides is 1. The van der Waals surface area contributed by atoms with Crippen molar-refractivity contribution >= 4 is 24.2 Å². The van der Waals surface area contributed by atoms with Crippen LogP contribution in [0.5, 0.6) is 5.75 Å². The van der Waals surface area contributed by atoms with E-state index in [0.29, 0.717) is 37.3 Å². The lowest BCUT2D eigenvalue weighted by atomic mass is 9.74. The summed E-state index contributed by atoms with van der Waals surface area (Å²) in [6, 6.07) is 19.1. The van der Waals surface area contributed by atoms with Gasteiger partial charge in [0, 0.05) is 61.5 Å². The first-order valence-electron chi connectivity index (χ1n) is 12.3. The van der Waals surface area contributed by atoms with Gasteiger partial charge in [0.15, 0.2) is 0 Å². The summed E-state index contributed by atoms with van der Waals surface area (Å²) >= 11 is 0. The summed E-state index contributed by atoms with van der Waals surface area (Å²) in [5.74, 6) is 0.943. The molecule has 4 N–H and O–H groups in total. The number of nitrogens with two attached hydrogens (primary N) is 1. The highest BCUT2D eigenvalue weighted by atomic mass is 16.5. The monoisotopic (exact) mass is 485 g/mol. The van der Waals surface area contributed by atoms with E-state index in [1.165, 1.54) is 5.56 Å². The topological polar surface area (TPSA) is 99.3 Å². The van der Waals surface area contributed by atoms with Gasteiger partial charge >= 0.3 is 7.12 Å². The fourth-order valence-corrected chi connectivity index (χ4v) is 5.43. The summed E-state index contributed by atoms with van der Waals surface area (Å²) in [4.78, 5) is 17.4. The third-order valence-electron chi connectivity index (χ3n) is 7.58. The van der Waals surface area contributed by atoms with Crippen LogP contribution >= 0.6 is 0 Å². The van der Waals surface area contributed by atoms with E-state index in [2.05, 4.69) is 6.07 Å². The zero-order valence-electron chi connectivity index (χ0n) is 20.8. The molecule has 0 bridgehead atoms. The molecule has 0 atom stereocenters. The van der Waals surface area contributed by atoms with Crippen LogP contribution in [0.1, 0.15) is 34.3 Å². The van der Waals surface area contributed by atoms with Crippen LogP contribution in [0.2, 0.25) is 0 Å². The Morgan fingerprint density at radius 1 is 1.08 bits per heavy atom. The van der Waals surface area contributed by atoms with Crippen molar-refractivity contribution in [3.05, 3.63) is 77.4 Å². The van der Waals surface area contributed by atoms with Gasteiger partial charge in [0.25, 0.3) is 5.91 Å². The van der Waals surface area contributed by atoms with Crippen LogP contribution in [0, 0.1) is 0 Å². The molecule has 2 aliphatic rings. The number of carbonyl (C=O) groups excluding carboxylic acids is 1. The molecule has 2 aliphatic heterocycles. The van der Waals surface area contributed by atoms with Gasteiger partial charge < -0.3 is 30.3 Å². The van der Waals surface area contributed by atoms with Gasteiger partial charge in [-0.15, -0.1) is 0 Å².